The Labute approximate surface area is 101 Å². The van der Waals surface area contributed by atoms with Gasteiger partial charge in [0.1, 0.15) is 0 Å². The summed E-state index contributed by atoms with van der Waals surface area (Å²) in [4.78, 5) is 16.4. The van der Waals surface area contributed by atoms with Gasteiger partial charge >= 0.3 is 5.69 Å². The van der Waals surface area contributed by atoms with E-state index in [1.165, 1.54) is 0 Å². The number of aryl methyl sites for hydroxylation is 1. The van der Waals surface area contributed by atoms with E-state index in [4.69, 9.17) is 0 Å². The molecule has 17 heavy (non-hydrogen) atoms. The fourth-order valence-electron chi connectivity index (χ4n) is 1.80. The van der Waals surface area contributed by atoms with Gasteiger partial charge in [-0.3, -0.25) is 14.1 Å². The predicted octanol–water partition coefficient (Wildman–Crippen LogP) is 1.98. The number of aromatic nitrogens is 3. The van der Waals surface area contributed by atoms with Gasteiger partial charge in [-0.15, -0.1) is 0 Å². The number of rotatable bonds is 3. The Balaban J connectivity index is 2.28. The fraction of sp³-hybridized carbons (Fsp3) is 0.385. The molecule has 4 nitrogen and oxygen atoms in total. The van der Waals surface area contributed by atoms with Gasteiger partial charge in [0, 0.05) is 24.1 Å². The molecule has 0 N–H and O–H groups in total. The Morgan fingerprint density at radius 3 is 2.65 bits per heavy atom. The molecule has 0 radical (unpaired) electrons. The first-order valence-electron chi connectivity index (χ1n) is 5.77. The van der Waals surface area contributed by atoms with Gasteiger partial charge < -0.3 is 0 Å². The predicted molar refractivity (Wildman–Crippen MR) is 67.2 cm³/mol. The van der Waals surface area contributed by atoms with Crippen LogP contribution in [0, 0.1) is 6.92 Å². The van der Waals surface area contributed by atoms with Crippen LogP contribution in [0.5, 0.6) is 0 Å². The zero-order valence-electron chi connectivity index (χ0n) is 10.4. The number of nitrogens with zero attached hydrogens (tertiary/aromatic N) is 3. The van der Waals surface area contributed by atoms with Crippen molar-refractivity contribution < 1.29 is 0 Å². The molecule has 0 aliphatic carbocycles. The lowest BCUT2D eigenvalue weighted by atomic mass is 10.3. The van der Waals surface area contributed by atoms with Crippen LogP contribution in [0.1, 0.15) is 31.3 Å². The first-order valence-corrected chi connectivity index (χ1v) is 5.77. The van der Waals surface area contributed by atoms with Gasteiger partial charge in [-0.2, -0.15) is 0 Å². The summed E-state index contributed by atoms with van der Waals surface area (Å²) in [6, 6.07) is 6.04. The highest BCUT2D eigenvalue weighted by molar-refractivity contribution is 5.10. The summed E-state index contributed by atoms with van der Waals surface area (Å²) in [5, 5.41) is 0. The van der Waals surface area contributed by atoms with Crippen LogP contribution in [-0.2, 0) is 6.54 Å². The molecule has 0 amide bonds. The Hall–Kier alpha value is -1.84. The maximum Gasteiger partial charge on any atom is 0.328 e. The minimum absolute atomic E-state index is 0.0170. The topological polar surface area (TPSA) is 39.8 Å². The van der Waals surface area contributed by atoms with Crippen LogP contribution in [0.3, 0.4) is 0 Å². The van der Waals surface area contributed by atoms with E-state index in [-0.39, 0.29) is 11.7 Å². The standard InChI is InChI=1S/C13H17N3O/c1-10(2)16-8-7-15(13(16)17)9-12-6-4-5-11(3)14-12/h4-8,10H,9H2,1-3H3. The zero-order chi connectivity index (χ0) is 12.4. The molecule has 0 unspecified atom stereocenters. The molecule has 0 atom stereocenters. The number of hydrogen-bond donors (Lipinski definition) is 0. The Bertz CT molecular complexity index is 566. The molecular formula is C13H17N3O. The van der Waals surface area contributed by atoms with E-state index in [1.54, 1.807) is 9.13 Å². The third kappa shape index (κ3) is 2.46. The van der Waals surface area contributed by atoms with Gasteiger partial charge in [0.15, 0.2) is 0 Å². The second kappa shape index (κ2) is 4.57. The van der Waals surface area contributed by atoms with Crippen molar-refractivity contribution >= 4 is 0 Å². The minimum atomic E-state index is 0.0170. The molecule has 0 fully saturated rings. The SMILES string of the molecule is Cc1cccc(Cn2ccn(C(C)C)c2=O)n1. The Morgan fingerprint density at radius 1 is 1.29 bits per heavy atom. The first-order chi connectivity index (χ1) is 8.08. The largest absolute Gasteiger partial charge is 0.328 e. The average molecular weight is 231 g/mol. The quantitative estimate of drug-likeness (QED) is 0.810. The molecule has 0 aliphatic rings. The molecule has 4 heteroatoms. The third-order valence-corrected chi connectivity index (χ3v) is 2.71. The summed E-state index contributed by atoms with van der Waals surface area (Å²) in [6.45, 7) is 6.47. The van der Waals surface area contributed by atoms with Crippen molar-refractivity contribution in [2.24, 2.45) is 0 Å². The highest BCUT2D eigenvalue weighted by atomic mass is 16.1. The van der Waals surface area contributed by atoms with Crippen LogP contribution in [-0.4, -0.2) is 14.1 Å². The van der Waals surface area contributed by atoms with Crippen molar-refractivity contribution in [3.05, 3.63) is 52.5 Å². The normalized spacial score (nSPS) is 11.1. The molecule has 2 heterocycles. The second-order valence-electron chi connectivity index (χ2n) is 4.48. The molecule has 2 aromatic rings. The van der Waals surface area contributed by atoms with Crippen molar-refractivity contribution in [1.82, 2.24) is 14.1 Å². The van der Waals surface area contributed by atoms with Gasteiger partial charge in [-0.1, -0.05) is 6.07 Å². The van der Waals surface area contributed by atoms with Crippen molar-refractivity contribution in [1.29, 1.82) is 0 Å². The van der Waals surface area contributed by atoms with Crippen molar-refractivity contribution in [2.45, 2.75) is 33.4 Å². The van der Waals surface area contributed by atoms with Crippen molar-refractivity contribution in [3.8, 4) is 0 Å². The van der Waals surface area contributed by atoms with E-state index in [1.807, 2.05) is 51.4 Å². The van der Waals surface area contributed by atoms with Crippen LogP contribution in [0.15, 0.2) is 35.4 Å². The van der Waals surface area contributed by atoms with Crippen LogP contribution >= 0.6 is 0 Å². The smallest absolute Gasteiger partial charge is 0.297 e. The number of hydrogen-bond acceptors (Lipinski definition) is 2. The summed E-state index contributed by atoms with van der Waals surface area (Å²) >= 11 is 0. The van der Waals surface area contributed by atoms with Crippen LogP contribution in [0.25, 0.3) is 0 Å². The molecule has 0 aromatic carbocycles. The van der Waals surface area contributed by atoms with Crippen LogP contribution in [0.2, 0.25) is 0 Å². The van der Waals surface area contributed by atoms with Crippen molar-refractivity contribution in [2.75, 3.05) is 0 Å². The molecule has 0 spiro atoms. The molecule has 90 valence electrons. The van der Waals surface area contributed by atoms with E-state index >= 15 is 0 Å². The van der Waals surface area contributed by atoms with Crippen LogP contribution in [0.4, 0.5) is 0 Å². The van der Waals surface area contributed by atoms with Gasteiger partial charge in [0.25, 0.3) is 0 Å². The van der Waals surface area contributed by atoms with Gasteiger partial charge in [0.05, 0.1) is 12.2 Å². The fourth-order valence-corrected chi connectivity index (χ4v) is 1.80. The molecular weight excluding hydrogens is 214 g/mol. The maximum absolute atomic E-state index is 12.0. The van der Waals surface area contributed by atoms with E-state index in [2.05, 4.69) is 4.98 Å². The Kier molecular flexibility index (Phi) is 3.13. The molecule has 0 saturated heterocycles. The van der Waals surface area contributed by atoms with Gasteiger partial charge in [0.2, 0.25) is 0 Å². The summed E-state index contributed by atoms with van der Waals surface area (Å²) in [5.41, 5.74) is 1.90. The monoisotopic (exact) mass is 231 g/mol. The molecule has 2 rings (SSSR count). The lowest BCUT2D eigenvalue weighted by Crippen LogP contribution is -2.25. The summed E-state index contributed by atoms with van der Waals surface area (Å²) in [7, 11) is 0. The third-order valence-electron chi connectivity index (χ3n) is 2.71. The summed E-state index contributed by atoms with van der Waals surface area (Å²) in [6.07, 6.45) is 3.63. The molecule has 0 bridgehead atoms. The highest BCUT2D eigenvalue weighted by Gasteiger charge is 2.06. The zero-order valence-corrected chi connectivity index (χ0v) is 10.4. The van der Waals surface area contributed by atoms with Gasteiger partial charge in [-0.05, 0) is 32.9 Å². The van der Waals surface area contributed by atoms with E-state index < -0.39 is 0 Å². The van der Waals surface area contributed by atoms with Crippen molar-refractivity contribution in [3.63, 3.8) is 0 Å². The molecule has 0 saturated carbocycles. The minimum Gasteiger partial charge on any atom is -0.297 e. The average Bonchev–Trinajstić information content (AvgIpc) is 2.61. The highest BCUT2D eigenvalue weighted by Crippen LogP contribution is 2.02. The second-order valence-corrected chi connectivity index (χ2v) is 4.48. The number of pyridine rings is 1. The maximum atomic E-state index is 12.0. The van der Waals surface area contributed by atoms with E-state index in [0.29, 0.717) is 6.54 Å². The summed E-state index contributed by atoms with van der Waals surface area (Å²) < 4.78 is 3.40. The lowest BCUT2D eigenvalue weighted by molar-refractivity contribution is 0.559. The molecule has 0 aliphatic heterocycles. The molecule has 2 aromatic heterocycles. The first kappa shape index (κ1) is 11.6. The lowest BCUT2D eigenvalue weighted by Gasteiger charge is -2.05. The Morgan fingerprint density at radius 2 is 2.06 bits per heavy atom. The number of imidazole rings is 1. The van der Waals surface area contributed by atoms with Gasteiger partial charge in [-0.25, -0.2) is 4.79 Å². The van der Waals surface area contributed by atoms with E-state index in [9.17, 15) is 4.79 Å². The summed E-state index contributed by atoms with van der Waals surface area (Å²) in [5.74, 6) is 0. The van der Waals surface area contributed by atoms with Crippen LogP contribution < -0.4 is 5.69 Å². The van der Waals surface area contributed by atoms with E-state index in [0.717, 1.165) is 11.4 Å².